The van der Waals surface area contributed by atoms with Gasteiger partial charge in [0, 0.05) is 6.54 Å². The summed E-state index contributed by atoms with van der Waals surface area (Å²) in [7, 11) is 0. The molecule has 0 saturated heterocycles. The summed E-state index contributed by atoms with van der Waals surface area (Å²) < 4.78 is 0.814. The van der Waals surface area contributed by atoms with Crippen molar-refractivity contribution in [1.29, 1.82) is 0 Å². The zero-order valence-corrected chi connectivity index (χ0v) is 12.7. The molecule has 0 bridgehead atoms. The summed E-state index contributed by atoms with van der Waals surface area (Å²) in [5.74, 6) is 0.771. The van der Waals surface area contributed by atoms with Crippen molar-refractivity contribution in [3.05, 3.63) is 57.3 Å². The summed E-state index contributed by atoms with van der Waals surface area (Å²) >= 11 is 9.27. The third kappa shape index (κ3) is 3.10. The van der Waals surface area contributed by atoms with Crippen LogP contribution in [0, 0.1) is 0 Å². The second-order valence-corrected chi connectivity index (χ2v) is 6.04. The molecule has 19 heavy (non-hydrogen) atoms. The molecule has 0 radical (unpaired) electrons. The fourth-order valence-corrected chi connectivity index (χ4v) is 2.66. The van der Waals surface area contributed by atoms with E-state index in [2.05, 4.69) is 50.5 Å². The average molecular weight is 338 g/mol. The zero-order valence-electron chi connectivity index (χ0n) is 10.4. The number of hydrogen-bond acceptors (Lipinski definition) is 2. The zero-order chi connectivity index (χ0) is 13.2. The van der Waals surface area contributed by atoms with Gasteiger partial charge >= 0.3 is 0 Å². The van der Waals surface area contributed by atoms with Gasteiger partial charge in [-0.1, -0.05) is 35.9 Å². The van der Waals surface area contributed by atoms with Crippen LogP contribution >= 0.6 is 27.5 Å². The summed E-state index contributed by atoms with van der Waals surface area (Å²) in [6.45, 7) is 0.822. The number of pyridine rings is 1. The molecular weight excluding hydrogens is 324 g/mol. The summed E-state index contributed by atoms with van der Waals surface area (Å²) in [6.07, 6.45) is 4.41. The van der Waals surface area contributed by atoms with Crippen LogP contribution in [-0.4, -0.2) is 4.98 Å². The van der Waals surface area contributed by atoms with E-state index in [1.165, 1.54) is 24.0 Å². The Morgan fingerprint density at radius 3 is 2.84 bits per heavy atom. The van der Waals surface area contributed by atoms with E-state index in [1.54, 1.807) is 6.20 Å². The molecule has 0 spiro atoms. The first-order valence-corrected chi connectivity index (χ1v) is 7.54. The van der Waals surface area contributed by atoms with Gasteiger partial charge in [0.1, 0.15) is 5.15 Å². The monoisotopic (exact) mass is 336 g/mol. The number of nitrogens with zero attached hydrogens (tertiary/aromatic N) is 1. The van der Waals surface area contributed by atoms with Crippen molar-refractivity contribution in [2.45, 2.75) is 25.3 Å². The van der Waals surface area contributed by atoms with E-state index in [9.17, 15) is 0 Å². The second kappa shape index (κ2) is 5.51. The maximum absolute atomic E-state index is 5.89. The summed E-state index contributed by atoms with van der Waals surface area (Å²) in [6, 6.07) is 10.6. The molecule has 3 rings (SSSR count). The molecule has 1 N–H and O–H groups in total. The Labute approximate surface area is 126 Å². The largest absolute Gasteiger partial charge is 0.380 e. The molecule has 1 fully saturated rings. The lowest BCUT2D eigenvalue weighted by Gasteiger charge is -2.11. The van der Waals surface area contributed by atoms with Gasteiger partial charge in [0.05, 0.1) is 16.4 Å². The number of rotatable bonds is 4. The molecule has 1 aliphatic carbocycles. The molecule has 2 aromatic rings. The van der Waals surface area contributed by atoms with Crippen LogP contribution in [-0.2, 0) is 6.54 Å². The molecule has 1 saturated carbocycles. The number of halogens is 2. The molecule has 1 aromatic heterocycles. The Balaban J connectivity index is 1.73. The van der Waals surface area contributed by atoms with Crippen molar-refractivity contribution < 1.29 is 0 Å². The lowest BCUT2D eigenvalue weighted by Crippen LogP contribution is -2.02. The van der Waals surface area contributed by atoms with E-state index >= 15 is 0 Å². The van der Waals surface area contributed by atoms with Crippen molar-refractivity contribution in [1.82, 2.24) is 4.98 Å². The van der Waals surface area contributed by atoms with Crippen molar-refractivity contribution in [3.63, 3.8) is 0 Å². The molecule has 4 heteroatoms. The van der Waals surface area contributed by atoms with Crippen LogP contribution in [0.3, 0.4) is 0 Å². The highest BCUT2D eigenvalue weighted by atomic mass is 79.9. The number of aromatic nitrogens is 1. The maximum atomic E-state index is 5.89. The van der Waals surface area contributed by atoms with Gasteiger partial charge in [0.15, 0.2) is 0 Å². The normalized spacial score (nSPS) is 14.4. The summed E-state index contributed by atoms with van der Waals surface area (Å²) in [5, 5.41) is 3.89. The van der Waals surface area contributed by atoms with Gasteiger partial charge in [-0.05, 0) is 51.9 Å². The summed E-state index contributed by atoms with van der Waals surface area (Å²) in [5.41, 5.74) is 3.83. The van der Waals surface area contributed by atoms with Gasteiger partial charge in [-0.3, -0.25) is 0 Å². The number of anilines is 1. The fourth-order valence-electron chi connectivity index (χ4n) is 2.20. The van der Waals surface area contributed by atoms with Crippen LogP contribution in [0.15, 0.2) is 41.0 Å². The van der Waals surface area contributed by atoms with Gasteiger partial charge < -0.3 is 5.32 Å². The highest BCUT2D eigenvalue weighted by Crippen LogP contribution is 2.41. The smallest absolute Gasteiger partial charge is 0.143 e. The molecule has 1 aliphatic rings. The Hall–Kier alpha value is -1.06. The van der Waals surface area contributed by atoms with Crippen molar-refractivity contribution in [3.8, 4) is 0 Å². The van der Waals surface area contributed by atoms with E-state index in [-0.39, 0.29) is 0 Å². The van der Waals surface area contributed by atoms with E-state index < -0.39 is 0 Å². The van der Waals surface area contributed by atoms with Gasteiger partial charge in [-0.25, -0.2) is 4.98 Å². The minimum Gasteiger partial charge on any atom is -0.380 e. The third-order valence-corrected chi connectivity index (χ3v) is 4.49. The first-order valence-electron chi connectivity index (χ1n) is 6.37. The van der Waals surface area contributed by atoms with Crippen molar-refractivity contribution in [2.75, 3.05) is 5.32 Å². The molecule has 0 unspecified atom stereocenters. The summed E-state index contributed by atoms with van der Waals surface area (Å²) in [4.78, 5) is 4.12. The topological polar surface area (TPSA) is 24.9 Å². The molecule has 98 valence electrons. The van der Waals surface area contributed by atoms with E-state index in [0.717, 1.165) is 22.6 Å². The molecule has 0 atom stereocenters. The Morgan fingerprint density at radius 1 is 1.32 bits per heavy atom. The molecule has 0 amide bonds. The quantitative estimate of drug-likeness (QED) is 0.795. The average Bonchev–Trinajstić information content (AvgIpc) is 3.25. The Morgan fingerprint density at radius 2 is 2.11 bits per heavy atom. The van der Waals surface area contributed by atoms with E-state index in [0.29, 0.717) is 5.15 Å². The van der Waals surface area contributed by atoms with Crippen LogP contribution in [0.4, 0.5) is 5.69 Å². The third-order valence-electron chi connectivity index (χ3n) is 3.35. The molecular formula is C15H14BrClN2. The molecule has 2 nitrogen and oxygen atoms in total. The maximum Gasteiger partial charge on any atom is 0.143 e. The highest BCUT2D eigenvalue weighted by molar-refractivity contribution is 9.10. The number of hydrogen-bond donors (Lipinski definition) is 1. The van der Waals surface area contributed by atoms with E-state index in [4.69, 9.17) is 11.6 Å². The first kappa shape index (κ1) is 12.9. The van der Waals surface area contributed by atoms with Gasteiger partial charge in [-0.15, -0.1) is 0 Å². The lowest BCUT2D eigenvalue weighted by molar-refractivity contribution is 1.03. The van der Waals surface area contributed by atoms with Gasteiger partial charge in [0.2, 0.25) is 0 Å². The van der Waals surface area contributed by atoms with Gasteiger partial charge in [0.25, 0.3) is 0 Å². The molecule has 1 heterocycles. The Kier molecular flexibility index (Phi) is 3.76. The number of benzene rings is 1. The predicted molar refractivity (Wildman–Crippen MR) is 82.7 cm³/mol. The van der Waals surface area contributed by atoms with Crippen molar-refractivity contribution in [2.24, 2.45) is 0 Å². The van der Waals surface area contributed by atoms with Crippen LogP contribution in [0.2, 0.25) is 5.15 Å². The minimum absolute atomic E-state index is 0.490. The molecule has 1 aromatic carbocycles. The van der Waals surface area contributed by atoms with Crippen LogP contribution < -0.4 is 5.32 Å². The van der Waals surface area contributed by atoms with E-state index in [1.807, 2.05) is 6.07 Å². The van der Waals surface area contributed by atoms with Crippen LogP contribution in [0.1, 0.15) is 29.9 Å². The van der Waals surface area contributed by atoms with Crippen LogP contribution in [0.5, 0.6) is 0 Å². The van der Waals surface area contributed by atoms with Crippen LogP contribution in [0.25, 0.3) is 0 Å². The van der Waals surface area contributed by atoms with Crippen molar-refractivity contribution >= 4 is 33.2 Å². The minimum atomic E-state index is 0.490. The first-order chi connectivity index (χ1) is 9.24. The number of nitrogens with one attached hydrogen (secondary N) is 1. The lowest BCUT2D eigenvalue weighted by atomic mass is 10.0. The highest BCUT2D eigenvalue weighted by Gasteiger charge is 2.25. The second-order valence-electron chi connectivity index (χ2n) is 4.82. The molecule has 0 aliphatic heterocycles. The Bertz CT molecular complexity index is 596. The standard InChI is InChI=1S/C15H14BrClN2/c16-14-7-12(9-19-15(14)17)18-8-11-3-1-2-4-13(11)10-5-6-10/h1-4,7,9-10,18H,5-6,8H2. The van der Waals surface area contributed by atoms with Gasteiger partial charge in [-0.2, -0.15) is 0 Å². The predicted octanol–water partition coefficient (Wildman–Crippen LogP) is 4.99. The SMILES string of the molecule is Clc1ncc(NCc2ccccc2C2CC2)cc1Br. The fraction of sp³-hybridized carbons (Fsp3) is 0.267.